The smallest absolute Gasteiger partial charge is 0.191 e. The molecular formula is C22H33N5O2. The molecule has 3 rings (SSSR count). The lowest BCUT2D eigenvalue weighted by atomic mass is 10.1. The first-order valence-electron chi connectivity index (χ1n) is 10.5. The van der Waals surface area contributed by atoms with E-state index in [-0.39, 0.29) is 0 Å². The lowest BCUT2D eigenvalue weighted by molar-refractivity contribution is 0.0341. The number of rotatable bonds is 8. The first-order valence-corrected chi connectivity index (χ1v) is 10.5. The molecule has 0 unspecified atom stereocenters. The van der Waals surface area contributed by atoms with Crippen LogP contribution in [0.1, 0.15) is 49.3 Å². The van der Waals surface area contributed by atoms with Crippen molar-refractivity contribution < 1.29 is 9.26 Å². The van der Waals surface area contributed by atoms with Crippen molar-refractivity contribution in [2.75, 3.05) is 32.8 Å². The maximum absolute atomic E-state index is 5.46. The molecule has 1 fully saturated rings. The summed E-state index contributed by atoms with van der Waals surface area (Å²) in [4.78, 5) is 7.22. The van der Waals surface area contributed by atoms with E-state index in [9.17, 15) is 0 Å². The molecule has 0 spiro atoms. The van der Waals surface area contributed by atoms with Crippen LogP contribution in [0.15, 0.2) is 39.8 Å². The topological polar surface area (TPSA) is 74.9 Å². The van der Waals surface area contributed by atoms with E-state index < -0.39 is 0 Å². The minimum Gasteiger partial charge on any atom is -0.379 e. The van der Waals surface area contributed by atoms with Crippen molar-refractivity contribution in [3.8, 4) is 0 Å². The van der Waals surface area contributed by atoms with Crippen LogP contribution in [-0.4, -0.2) is 48.9 Å². The van der Waals surface area contributed by atoms with Gasteiger partial charge in [-0.15, -0.1) is 0 Å². The van der Waals surface area contributed by atoms with Gasteiger partial charge in [-0.3, -0.25) is 4.90 Å². The summed E-state index contributed by atoms with van der Waals surface area (Å²) in [6, 6.07) is 10.5. The zero-order valence-corrected chi connectivity index (χ0v) is 17.8. The molecule has 2 heterocycles. The van der Waals surface area contributed by atoms with Crippen molar-refractivity contribution in [2.24, 2.45) is 4.99 Å². The van der Waals surface area contributed by atoms with E-state index >= 15 is 0 Å². The number of hydrogen-bond donors (Lipinski definition) is 2. The van der Waals surface area contributed by atoms with Crippen LogP contribution in [-0.2, 0) is 24.4 Å². The largest absolute Gasteiger partial charge is 0.379 e. The average molecular weight is 400 g/mol. The van der Waals surface area contributed by atoms with Crippen molar-refractivity contribution in [3.05, 3.63) is 52.9 Å². The molecule has 0 bridgehead atoms. The fourth-order valence-corrected chi connectivity index (χ4v) is 3.23. The standard InChI is InChI=1S/C22H33N5O2/c1-4-23-22(25-15-20-13-21(17(2)3)26-29-20)24-14-18-7-5-6-8-19(18)16-27-9-11-28-12-10-27/h5-8,13,17H,4,9-12,14-16H2,1-3H3,(H2,23,24,25). The third kappa shape index (κ3) is 6.58. The number of aliphatic imine (C=N–C) groups is 1. The Hall–Kier alpha value is -2.38. The van der Waals surface area contributed by atoms with Crippen molar-refractivity contribution in [2.45, 2.75) is 46.3 Å². The summed E-state index contributed by atoms with van der Waals surface area (Å²) < 4.78 is 10.9. The van der Waals surface area contributed by atoms with Gasteiger partial charge in [0.2, 0.25) is 0 Å². The van der Waals surface area contributed by atoms with Crippen LogP contribution in [0, 0.1) is 0 Å². The van der Waals surface area contributed by atoms with Gasteiger partial charge in [-0.25, -0.2) is 4.99 Å². The Kier molecular flexibility index (Phi) is 8.07. The lowest BCUT2D eigenvalue weighted by Gasteiger charge is -2.27. The van der Waals surface area contributed by atoms with Gasteiger partial charge in [0.25, 0.3) is 0 Å². The third-order valence-corrected chi connectivity index (χ3v) is 4.97. The predicted molar refractivity (Wildman–Crippen MR) is 115 cm³/mol. The minimum atomic E-state index is 0.359. The van der Waals surface area contributed by atoms with Crippen LogP contribution in [0.2, 0.25) is 0 Å². The molecule has 2 N–H and O–H groups in total. The summed E-state index contributed by atoms with van der Waals surface area (Å²) in [5.41, 5.74) is 3.55. The second-order valence-electron chi connectivity index (χ2n) is 7.58. The fourth-order valence-electron chi connectivity index (χ4n) is 3.23. The zero-order valence-electron chi connectivity index (χ0n) is 17.8. The summed E-state index contributed by atoms with van der Waals surface area (Å²) in [5, 5.41) is 10.8. The van der Waals surface area contributed by atoms with Crippen LogP contribution in [0.3, 0.4) is 0 Å². The number of nitrogens with zero attached hydrogens (tertiary/aromatic N) is 3. The summed E-state index contributed by atoms with van der Waals surface area (Å²) >= 11 is 0. The number of aromatic nitrogens is 1. The molecule has 0 aliphatic carbocycles. The van der Waals surface area contributed by atoms with Gasteiger partial charge >= 0.3 is 0 Å². The number of morpholine rings is 1. The maximum atomic E-state index is 5.46. The van der Waals surface area contributed by atoms with Crippen molar-refractivity contribution in [1.82, 2.24) is 20.7 Å². The van der Waals surface area contributed by atoms with Gasteiger partial charge in [-0.1, -0.05) is 43.3 Å². The van der Waals surface area contributed by atoms with E-state index in [1.165, 1.54) is 11.1 Å². The normalized spacial score (nSPS) is 15.7. The second-order valence-corrected chi connectivity index (χ2v) is 7.58. The van der Waals surface area contributed by atoms with Crippen LogP contribution in [0.5, 0.6) is 0 Å². The second kappa shape index (κ2) is 11.0. The van der Waals surface area contributed by atoms with Gasteiger partial charge in [0.05, 0.1) is 32.0 Å². The van der Waals surface area contributed by atoms with E-state index in [1.54, 1.807) is 0 Å². The summed E-state index contributed by atoms with van der Waals surface area (Å²) in [5.74, 6) is 1.94. The number of hydrogen-bond acceptors (Lipinski definition) is 5. The van der Waals surface area contributed by atoms with E-state index in [2.05, 4.69) is 65.7 Å². The van der Waals surface area contributed by atoms with E-state index in [4.69, 9.17) is 14.3 Å². The monoisotopic (exact) mass is 399 g/mol. The third-order valence-electron chi connectivity index (χ3n) is 4.97. The van der Waals surface area contributed by atoms with E-state index in [1.807, 2.05) is 6.07 Å². The highest BCUT2D eigenvalue weighted by atomic mass is 16.5. The number of nitrogens with one attached hydrogen (secondary N) is 2. The molecule has 0 saturated carbocycles. The van der Waals surface area contributed by atoms with Crippen LogP contribution >= 0.6 is 0 Å². The lowest BCUT2D eigenvalue weighted by Crippen LogP contribution is -2.37. The number of ether oxygens (including phenoxy) is 1. The van der Waals surface area contributed by atoms with Gasteiger partial charge in [0, 0.05) is 32.2 Å². The summed E-state index contributed by atoms with van der Waals surface area (Å²) in [7, 11) is 0. The molecule has 29 heavy (non-hydrogen) atoms. The zero-order chi connectivity index (χ0) is 20.5. The summed E-state index contributed by atoms with van der Waals surface area (Å²) in [6.45, 7) is 12.8. The molecular weight excluding hydrogens is 366 g/mol. The predicted octanol–water partition coefficient (Wildman–Crippen LogP) is 2.89. The van der Waals surface area contributed by atoms with E-state index in [0.29, 0.717) is 19.0 Å². The molecule has 0 amide bonds. The van der Waals surface area contributed by atoms with Crippen molar-refractivity contribution >= 4 is 5.96 Å². The Morgan fingerprint density at radius 2 is 1.93 bits per heavy atom. The quantitative estimate of drug-likeness (QED) is 0.525. The molecule has 158 valence electrons. The molecule has 1 saturated heterocycles. The summed E-state index contributed by atoms with van der Waals surface area (Å²) in [6.07, 6.45) is 0. The van der Waals surface area contributed by atoms with Gasteiger partial charge in [0.15, 0.2) is 11.7 Å². The molecule has 2 aromatic rings. The Morgan fingerprint density at radius 3 is 2.62 bits per heavy atom. The van der Waals surface area contributed by atoms with Crippen LogP contribution in [0.25, 0.3) is 0 Å². The Labute approximate surface area is 173 Å². The van der Waals surface area contributed by atoms with Gasteiger partial charge in [0.1, 0.15) is 0 Å². The minimum absolute atomic E-state index is 0.359. The van der Waals surface area contributed by atoms with Crippen molar-refractivity contribution in [1.29, 1.82) is 0 Å². The highest BCUT2D eigenvalue weighted by Gasteiger charge is 2.13. The Bertz CT molecular complexity index is 781. The first-order chi connectivity index (χ1) is 14.2. The molecule has 7 heteroatoms. The van der Waals surface area contributed by atoms with E-state index in [0.717, 1.165) is 56.8 Å². The fraction of sp³-hybridized carbons (Fsp3) is 0.545. The number of guanidine groups is 1. The van der Waals surface area contributed by atoms with Gasteiger partial charge in [-0.2, -0.15) is 0 Å². The average Bonchev–Trinajstić information content (AvgIpc) is 3.21. The van der Waals surface area contributed by atoms with Crippen molar-refractivity contribution in [3.63, 3.8) is 0 Å². The maximum Gasteiger partial charge on any atom is 0.191 e. The molecule has 1 aliphatic heterocycles. The highest BCUT2D eigenvalue weighted by Crippen LogP contribution is 2.15. The molecule has 1 aliphatic rings. The van der Waals surface area contributed by atoms with Crippen LogP contribution < -0.4 is 10.6 Å². The highest BCUT2D eigenvalue weighted by molar-refractivity contribution is 5.79. The Balaban J connectivity index is 1.61. The van der Waals surface area contributed by atoms with Gasteiger partial charge < -0.3 is 19.9 Å². The molecule has 0 radical (unpaired) electrons. The molecule has 1 aromatic heterocycles. The molecule has 7 nitrogen and oxygen atoms in total. The number of benzene rings is 1. The molecule has 1 aromatic carbocycles. The SMILES string of the molecule is CCNC(=NCc1ccccc1CN1CCOCC1)NCc1cc(C(C)C)no1. The first kappa shape index (κ1) is 21.3. The van der Waals surface area contributed by atoms with Gasteiger partial charge in [-0.05, 0) is 24.0 Å². The molecule has 0 atom stereocenters. The Morgan fingerprint density at radius 1 is 1.17 bits per heavy atom. The van der Waals surface area contributed by atoms with Crippen LogP contribution in [0.4, 0.5) is 0 Å².